The van der Waals surface area contributed by atoms with Gasteiger partial charge < -0.3 is 29.0 Å². The van der Waals surface area contributed by atoms with Crippen molar-refractivity contribution in [2.45, 2.75) is 30.6 Å². The minimum atomic E-state index is -5.75. The molecular formula is C6H11BN9O12P3. The van der Waals surface area contributed by atoms with Gasteiger partial charge in [0.05, 0.1) is 12.7 Å². The van der Waals surface area contributed by atoms with Gasteiger partial charge in [-0.3, -0.25) is 4.52 Å². The van der Waals surface area contributed by atoms with Crippen LogP contribution in [0.3, 0.4) is 0 Å². The fourth-order valence-corrected chi connectivity index (χ4v) is 5.03. The van der Waals surface area contributed by atoms with Gasteiger partial charge in [0.15, 0.2) is 0 Å². The molecule has 21 nitrogen and oxygen atoms in total. The summed E-state index contributed by atoms with van der Waals surface area (Å²) in [6.45, 7) is -0.985. The highest BCUT2D eigenvalue weighted by molar-refractivity contribution is 7.66. The maximum Gasteiger partial charge on any atom is 0.490 e. The molecule has 2 radical (unpaired) electrons. The van der Waals surface area contributed by atoms with Crippen molar-refractivity contribution in [3.05, 3.63) is 31.3 Å². The first kappa shape index (κ1) is 27.4. The number of hydrogen-bond acceptors (Lipinski definition) is 11. The van der Waals surface area contributed by atoms with Crippen LogP contribution in [0.4, 0.5) is 0 Å². The van der Waals surface area contributed by atoms with E-state index in [9.17, 15) is 18.6 Å². The number of hydrogen-bond donors (Lipinski definition) is 4. The average molecular weight is 505 g/mol. The molecule has 170 valence electrons. The van der Waals surface area contributed by atoms with Crippen LogP contribution in [0.25, 0.3) is 31.3 Å². The second-order valence-corrected chi connectivity index (χ2v) is 9.55. The summed E-state index contributed by atoms with van der Waals surface area (Å²) in [6, 6.07) is -1.11. The lowest BCUT2D eigenvalue weighted by Crippen LogP contribution is -2.37. The zero-order chi connectivity index (χ0) is 23.9. The fraction of sp³-hybridized carbons (Fsp3) is 1.00. The molecule has 1 aliphatic rings. The van der Waals surface area contributed by atoms with Crippen molar-refractivity contribution in [3.8, 4) is 0 Å². The number of ether oxygens (including phenoxy) is 2. The van der Waals surface area contributed by atoms with Crippen molar-refractivity contribution in [3.63, 3.8) is 0 Å². The van der Waals surface area contributed by atoms with Crippen LogP contribution in [0.15, 0.2) is 15.3 Å². The molecule has 31 heavy (non-hydrogen) atoms. The van der Waals surface area contributed by atoms with E-state index in [4.69, 9.17) is 48.6 Å². The SMILES string of the molecule is [B][C@H]1CC(OC(N=[N+]=[N-])(N=[N+]=[N-])N=[N+]=[N-])[C@@H](COP(=O)(O)OP(=O)(O)OP(=O)(O)O)O1. The van der Waals surface area contributed by atoms with E-state index < -0.39 is 54.3 Å². The first-order valence-corrected chi connectivity index (χ1v) is 11.7. The van der Waals surface area contributed by atoms with Gasteiger partial charge in [-0.15, -0.1) is 0 Å². The van der Waals surface area contributed by atoms with Gasteiger partial charge in [0, 0.05) is 20.7 Å². The lowest BCUT2D eigenvalue weighted by molar-refractivity contribution is -0.114. The summed E-state index contributed by atoms with van der Waals surface area (Å²) < 4.78 is 55.4. The number of phosphoric acid groups is 3. The standard InChI is InChI=1S/C6H11BN9O12P3/c7-5-1-3(26-6(11-14-8,12-15-9)13-16-10)4(25-5)2-24-30(20,21)28-31(22,23)27-29(17,18)19/h3-5H,1-2H2,(H,20,21)(H,22,23)(H2,17,18,19)/t3?,4-,5-/m1/s1. The van der Waals surface area contributed by atoms with Crippen molar-refractivity contribution in [2.24, 2.45) is 15.3 Å². The second kappa shape index (κ2) is 10.8. The molecule has 1 rings (SSSR count). The Balaban J connectivity index is 2.96. The molecule has 5 atom stereocenters. The fourth-order valence-electron chi connectivity index (χ4n) is 2.00. The van der Waals surface area contributed by atoms with Gasteiger partial charge in [0.2, 0.25) is 0 Å². The predicted octanol–water partition coefficient (Wildman–Crippen LogP) is 1.54. The zero-order valence-corrected chi connectivity index (χ0v) is 17.3. The van der Waals surface area contributed by atoms with E-state index in [1.807, 2.05) is 0 Å². The van der Waals surface area contributed by atoms with Gasteiger partial charge in [-0.25, -0.2) is 13.7 Å². The topological polar surface area (TPSA) is 325 Å². The Morgan fingerprint density at radius 2 is 1.52 bits per heavy atom. The van der Waals surface area contributed by atoms with Crippen molar-refractivity contribution >= 4 is 31.3 Å². The molecular weight excluding hydrogens is 494 g/mol. The van der Waals surface area contributed by atoms with Crippen molar-refractivity contribution in [2.75, 3.05) is 6.61 Å². The minimum absolute atomic E-state index is 0.241. The smallest absolute Gasteiger partial charge is 0.380 e. The summed E-state index contributed by atoms with van der Waals surface area (Å²) in [4.78, 5) is 42.4. The van der Waals surface area contributed by atoms with Crippen LogP contribution in [0.5, 0.6) is 0 Å². The number of azide groups is 1. The van der Waals surface area contributed by atoms with Crippen LogP contribution in [-0.2, 0) is 36.3 Å². The van der Waals surface area contributed by atoms with Gasteiger partial charge >= 0.3 is 29.4 Å². The third kappa shape index (κ3) is 9.55. The van der Waals surface area contributed by atoms with Gasteiger partial charge in [0.25, 0.3) is 0 Å². The Morgan fingerprint density at radius 3 is 1.97 bits per heavy atom. The molecule has 0 spiro atoms. The van der Waals surface area contributed by atoms with E-state index in [0.29, 0.717) is 0 Å². The Hall–Kier alpha value is -1.68. The second-order valence-electron chi connectivity index (χ2n) is 5.13. The Kier molecular flexibility index (Phi) is 9.50. The summed E-state index contributed by atoms with van der Waals surface area (Å²) in [5.74, 6) is -2.79. The molecule has 0 bridgehead atoms. The molecule has 1 aliphatic heterocycles. The van der Waals surface area contributed by atoms with Gasteiger partial charge in [-0.2, -0.15) is 8.62 Å². The van der Waals surface area contributed by atoms with E-state index in [2.05, 4.69) is 43.2 Å². The van der Waals surface area contributed by atoms with Crippen LogP contribution in [0, 0.1) is 0 Å². The molecule has 1 fully saturated rings. The highest BCUT2D eigenvalue weighted by Crippen LogP contribution is 2.66. The van der Waals surface area contributed by atoms with Crippen LogP contribution in [0.2, 0.25) is 0 Å². The predicted molar refractivity (Wildman–Crippen MR) is 93.9 cm³/mol. The Morgan fingerprint density at radius 1 is 1.00 bits per heavy atom. The minimum Gasteiger partial charge on any atom is -0.380 e. The van der Waals surface area contributed by atoms with Crippen LogP contribution >= 0.6 is 23.5 Å². The van der Waals surface area contributed by atoms with Crippen molar-refractivity contribution in [1.29, 1.82) is 0 Å². The van der Waals surface area contributed by atoms with Gasteiger partial charge in [-0.1, -0.05) is 0 Å². The third-order valence-electron chi connectivity index (χ3n) is 2.88. The van der Waals surface area contributed by atoms with E-state index in [1.54, 1.807) is 0 Å². The highest BCUT2D eigenvalue weighted by atomic mass is 31.3. The quantitative estimate of drug-likeness (QED) is 0.0964. The first-order valence-electron chi connectivity index (χ1n) is 7.22. The maximum atomic E-state index is 11.8. The third-order valence-corrected chi connectivity index (χ3v) is 6.68. The lowest BCUT2D eigenvalue weighted by Gasteiger charge is -2.26. The van der Waals surface area contributed by atoms with Crippen molar-refractivity contribution < 1.29 is 55.9 Å². The van der Waals surface area contributed by atoms with E-state index in [0.717, 1.165) is 0 Å². The molecule has 0 aromatic heterocycles. The summed E-state index contributed by atoms with van der Waals surface area (Å²) in [5, 5.41) is 8.82. The highest BCUT2D eigenvalue weighted by Gasteiger charge is 2.44. The molecule has 0 amide bonds. The normalized spacial score (nSPS) is 26.8. The average Bonchev–Trinajstić information content (AvgIpc) is 2.89. The molecule has 0 saturated carbocycles. The molecule has 3 unspecified atom stereocenters. The number of nitrogens with zero attached hydrogens (tertiary/aromatic N) is 9. The molecule has 25 heteroatoms. The van der Waals surface area contributed by atoms with E-state index in [-0.39, 0.29) is 6.42 Å². The summed E-state index contributed by atoms with van der Waals surface area (Å²) in [7, 11) is -11.3. The molecule has 4 N–H and O–H groups in total. The summed E-state index contributed by atoms with van der Waals surface area (Å²) in [6.07, 6.45) is -3.02. The Bertz CT molecular complexity index is 910. The molecule has 0 aromatic carbocycles. The summed E-state index contributed by atoms with van der Waals surface area (Å²) >= 11 is 0. The number of rotatable bonds is 12. The van der Waals surface area contributed by atoms with Crippen LogP contribution in [0.1, 0.15) is 6.42 Å². The molecule has 1 heterocycles. The lowest BCUT2D eigenvalue weighted by atomic mass is 9.96. The van der Waals surface area contributed by atoms with E-state index >= 15 is 0 Å². The van der Waals surface area contributed by atoms with Gasteiger partial charge in [0.1, 0.15) is 14.0 Å². The number of phosphoric ester groups is 1. The maximum absolute atomic E-state index is 11.8. The molecule has 1 saturated heterocycles. The molecule has 0 aliphatic carbocycles. The zero-order valence-electron chi connectivity index (χ0n) is 14.6. The van der Waals surface area contributed by atoms with E-state index in [1.165, 1.54) is 0 Å². The first-order chi connectivity index (χ1) is 14.2. The largest absolute Gasteiger partial charge is 0.490 e. The van der Waals surface area contributed by atoms with Gasteiger partial charge in [-0.05, 0) is 38.4 Å². The monoisotopic (exact) mass is 505 g/mol. The van der Waals surface area contributed by atoms with Crippen LogP contribution < -0.4 is 0 Å². The van der Waals surface area contributed by atoms with Crippen molar-refractivity contribution in [1.82, 2.24) is 0 Å². The van der Waals surface area contributed by atoms with Crippen LogP contribution in [-0.4, -0.2) is 58.2 Å². The molecule has 0 aromatic rings. The summed E-state index contributed by atoms with van der Waals surface area (Å²) in [5.41, 5.74) is 25.7. The Labute approximate surface area is 172 Å².